The molecule has 6 nitrogen and oxygen atoms in total. The van der Waals surface area contributed by atoms with Gasteiger partial charge in [0.2, 0.25) is 10.0 Å². The van der Waals surface area contributed by atoms with Crippen molar-refractivity contribution in [3.8, 4) is 0 Å². The van der Waals surface area contributed by atoms with E-state index in [1.54, 1.807) is 18.2 Å². The molecule has 3 rings (SSSR count). The minimum atomic E-state index is -3.68. The van der Waals surface area contributed by atoms with Crippen LogP contribution in [0.1, 0.15) is 12.8 Å². The van der Waals surface area contributed by atoms with Crippen LogP contribution in [-0.2, 0) is 10.0 Å². The van der Waals surface area contributed by atoms with Gasteiger partial charge in [-0.05, 0) is 25.0 Å². The quantitative estimate of drug-likeness (QED) is 0.684. The number of aliphatic hydroxyl groups is 2. The lowest BCUT2D eigenvalue weighted by Crippen LogP contribution is -2.50. The summed E-state index contributed by atoms with van der Waals surface area (Å²) in [6.45, 7) is 0.0326. The third-order valence-corrected chi connectivity index (χ3v) is 5.93. The molecule has 1 aromatic carbocycles. The van der Waals surface area contributed by atoms with E-state index in [1.165, 1.54) is 12.1 Å². The molecule has 21 heavy (non-hydrogen) atoms. The first kappa shape index (κ1) is 14.9. The van der Waals surface area contributed by atoms with E-state index in [-0.39, 0.29) is 24.5 Å². The average molecular weight is 312 g/mol. The largest absolute Gasteiger partial charge is 0.389 e. The monoisotopic (exact) mass is 312 g/mol. The number of nitrogens with zero attached hydrogens (tertiary/aromatic N) is 1. The Labute approximate surface area is 124 Å². The lowest BCUT2D eigenvalue weighted by molar-refractivity contribution is -0.0384. The smallest absolute Gasteiger partial charge is 0.243 e. The third-order valence-electron chi connectivity index (χ3n) is 4.10. The van der Waals surface area contributed by atoms with Crippen LogP contribution in [0.5, 0.6) is 0 Å². The second-order valence-electron chi connectivity index (χ2n) is 5.89. The SMILES string of the molecule is O=S(=O)(c1ccccc1)N1C[C@@H](O)[C@](O)(CNC2CC2)C1. The van der Waals surface area contributed by atoms with Crippen LogP contribution in [0.25, 0.3) is 0 Å². The van der Waals surface area contributed by atoms with E-state index in [4.69, 9.17) is 0 Å². The van der Waals surface area contributed by atoms with Crippen molar-refractivity contribution in [2.75, 3.05) is 19.6 Å². The van der Waals surface area contributed by atoms with E-state index in [2.05, 4.69) is 5.32 Å². The molecule has 0 bridgehead atoms. The van der Waals surface area contributed by atoms with Crippen molar-refractivity contribution < 1.29 is 18.6 Å². The molecule has 1 saturated carbocycles. The van der Waals surface area contributed by atoms with Crippen LogP contribution in [0.2, 0.25) is 0 Å². The van der Waals surface area contributed by atoms with Gasteiger partial charge in [-0.3, -0.25) is 0 Å². The maximum Gasteiger partial charge on any atom is 0.243 e. The van der Waals surface area contributed by atoms with Crippen LogP contribution in [0.15, 0.2) is 35.2 Å². The summed E-state index contributed by atoms with van der Waals surface area (Å²) < 4.78 is 26.2. The molecule has 116 valence electrons. The Balaban J connectivity index is 1.75. The number of sulfonamides is 1. The molecule has 2 fully saturated rings. The van der Waals surface area contributed by atoms with Crippen molar-refractivity contribution in [3.05, 3.63) is 30.3 Å². The first-order valence-electron chi connectivity index (χ1n) is 7.11. The van der Waals surface area contributed by atoms with Gasteiger partial charge in [-0.25, -0.2) is 8.42 Å². The fraction of sp³-hybridized carbons (Fsp3) is 0.571. The molecule has 1 saturated heterocycles. The highest BCUT2D eigenvalue weighted by Gasteiger charge is 2.48. The van der Waals surface area contributed by atoms with Crippen LogP contribution in [0, 0.1) is 0 Å². The summed E-state index contributed by atoms with van der Waals surface area (Å²) >= 11 is 0. The molecule has 7 heteroatoms. The van der Waals surface area contributed by atoms with Crippen molar-refractivity contribution in [2.24, 2.45) is 0 Å². The number of hydrogen-bond acceptors (Lipinski definition) is 5. The fourth-order valence-electron chi connectivity index (χ4n) is 2.55. The third kappa shape index (κ3) is 2.97. The molecular weight excluding hydrogens is 292 g/mol. The number of benzene rings is 1. The number of rotatable bonds is 5. The Hall–Kier alpha value is -0.990. The van der Waals surface area contributed by atoms with Gasteiger partial charge in [0.25, 0.3) is 0 Å². The molecule has 0 spiro atoms. The maximum atomic E-state index is 12.5. The summed E-state index contributed by atoms with van der Waals surface area (Å²) in [6.07, 6.45) is 1.05. The molecule has 1 heterocycles. The first-order chi connectivity index (χ1) is 9.92. The molecule has 0 unspecified atom stereocenters. The Morgan fingerprint density at radius 3 is 2.57 bits per heavy atom. The summed E-state index contributed by atoms with van der Waals surface area (Å²) in [5.41, 5.74) is -1.43. The number of β-amino-alcohol motifs (C(OH)–C–C–N with tert-alkyl or cyclic N) is 2. The van der Waals surface area contributed by atoms with E-state index in [0.717, 1.165) is 17.1 Å². The van der Waals surface area contributed by atoms with Crippen LogP contribution in [0.4, 0.5) is 0 Å². The molecule has 0 amide bonds. The van der Waals surface area contributed by atoms with E-state index in [0.29, 0.717) is 6.04 Å². The second kappa shape index (κ2) is 5.33. The number of aliphatic hydroxyl groups excluding tert-OH is 1. The Morgan fingerprint density at radius 2 is 1.95 bits per heavy atom. The normalized spacial score (nSPS) is 30.7. The van der Waals surface area contributed by atoms with E-state index in [9.17, 15) is 18.6 Å². The minimum Gasteiger partial charge on any atom is -0.389 e. The summed E-state index contributed by atoms with van der Waals surface area (Å²) in [6, 6.07) is 8.47. The highest BCUT2D eigenvalue weighted by atomic mass is 32.2. The number of hydrogen-bond donors (Lipinski definition) is 3. The van der Waals surface area contributed by atoms with Gasteiger partial charge in [0.05, 0.1) is 11.0 Å². The van der Waals surface area contributed by atoms with Crippen LogP contribution < -0.4 is 5.32 Å². The molecule has 0 aromatic heterocycles. The van der Waals surface area contributed by atoms with Crippen LogP contribution in [-0.4, -0.2) is 60.3 Å². The highest BCUT2D eigenvalue weighted by molar-refractivity contribution is 7.89. The summed E-state index contributed by atoms with van der Waals surface area (Å²) in [4.78, 5) is 0.177. The Bertz CT molecular complexity index is 603. The summed E-state index contributed by atoms with van der Waals surface area (Å²) in [7, 11) is -3.68. The van der Waals surface area contributed by atoms with Crippen molar-refractivity contribution in [1.82, 2.24) is 9.62 Å². The minimum absolute atomic E-state index is 0.0833. The molecule has 1 aliphatic heterocycles. The number of nitrogens with one attached hydrogen (secondary N) is 1. The van der Waals surface area contributed by atoms with Gasteiger partial charge in [-0.2, -0.15) is 4.31 Å². The zero-order valence-corrected chi connectivity index (χ0v) is 12.5. The first-order valence-corrected chi connectivity index (χ1v) is 8.55. The van der Waals surface area contributed by atoms with Gasteiger partial charge in [0.1, 0.15) is 5.60 Å². The van der Waals surface area contributed by atoms with Gasteiger partial charge in [-0.1, -0.05) is 18.2 Å². The average Bonchev–Trinajstić information content (AvgIpc) is 3.25. The molecule has 0 radical (unpaired) electrons. The molecular formula is C14H20N2O4S. The lowest BCUT2D eigenvalue weighted by Gasteiger charge is -2.26. The van der Waals surface area contributed by atoms with Crippen molar-refractivity contribution in [3.63, 3.8) is 0 Å². The van der Waals surface area contributed by atoms with Crippen molar-refractivity contribution in [1.29, 1.82) is 0 Å². The maximum absolute atomic E-state index is 12.5. The molecule has 2 aliphatic rings. The fourth-order valence-corrected chi connectivity index (χ4v) is 4.08. The van der Waals surface area contributed by atoms with Crippen LogP contribution >= 0.6 is 0 Å². The lowest BCUT2D eigenvalue weighted by atomic mass is 10.0. The van der Waals surface area contributed by atoms with Gasteiger partial charge in [0.15, 0.2) is 0 Å². The zero-order chi connectivity index (χ0) is 15.1. The second-order valence-corrected chi connectivity index (χ2v) is 7.82. The van der Waals surface area contributed by atoms with Crippen molar-refractivity contribution >= 4 is 10.0 Å². The van der Waals surface area contributed by atoms with Gasteiger partial charge in [0, 0.05) is 25.7 Å². The predicted octanol–water partition coefficient (Wildman–Crippen LogP) is -0.465. The Kier molecular flexibility index (Phi) is 3.79. The van der Waals surface area contributed by atoms with E-state index >= 15 is 0 Å². The van der Waals surface area contributed by atoms with E-state index < -0.39 is 21.7 Å². The standard InChI is InChI=1S/C14H20N2O4S/c17-13-8-16(10-14(13,18)9-15-11-6-7-11)21(19,20)12-4-2-1-3-5-12/h1-5,11,13,15,17-18H,6-10H2/t13-,14+/m1/s1. The summed E-state index contributed by atoms with van der Waals surface area (Å²) in [5, 5.41) is 23.7. The zero-order valence-electron chi connectivity index (χ0n) is 11.6. The van der Waals surface area contributed by atoms with Crippen LogP contribution in [0.3, 0.4) is 0 Å². The summed E-state index contributed by atoms with van der Waals surface area (Å²) in [5.74, 6) is 0. The van der Waals surface area contributed by atoms with E-state index in [1.807, 2.05) is 0 Å². The topological polar surface area (TPSA) is 89.9 Å². The van der Waals surface area contributed by atoms with Gasteiger partial charge >= 0.3 is 0 Å². The molecule has 1 aromatic rings. The van der Waals surface area contributed by atoms with Crippen molar-refractivity contribution in [2.45, 2.75) is 35.5 Å². The highest BCUT2D eigenvalue weighted by Crippen LogP contribution is 2.28. The van der Waals surface area contributed by atoms with Gasteiger partial charge < -0.3 is 15.5 Å². The molecule has 1 aliphatic carbocycles. The molecule has 3 N–H and O–H groups in total. The van der Waals surface area contributed by atoms with Gasteiger partial charge in [-0.15, -0.1) is 0 Å². The Morgan fingerprint density at radius 1 is 1.29 bits per heavy atom. The predicted molar refractivity (Wildman–Crippen MR) is 77.2 cm³/mol. The molecule has 2 atom stereocenters.